The highest BCUT2D eigenvalue weighted by Crippen LogP contribution is 2.35. The Labute approximate surface area is 236 Å². The smallest absolute Gasteiger partial charge is 0.254 e. The molecule has 40 heavy (non-hydrogen) atoms. The number of aliphatic imine (C=N–C) groups is 1. The van der Waals surface area contributed by atoms with Crippen molar-refractivity contribution in [3.05, 3.63) is 59.8 Å². The van der Waals surface area contributed by atoms with Gasteiger partial charge in [-0.1, -0.05) is 30.5 Å². The zero-order valence-corrected chi connectivity index (χ0v) is 23.9. The molecule has 1 unspecified atom stereocenters. The summed E-state index contributed by atoms with van der Waals surface area (Å²) in [6.07, 6.45) is 9.25. The van der Waals surface area contributed by atoms with Crippen LogP contribution in [-0.4, -0.2) is 66.0 Å². The lowest BCUT2D eigenvalue weighted by atomic mass is 9.95. The summed E-state index contributed by atoms with van der Waals surface area (Å²) in [5.74, 6) is -0.0471. The second-order valence-corrected chi connectivity index (χ2v) is 11.3. The van der Waals surface area contributed by atoms with E-state index in [-0.39, 0.29) is 18.4 Å². The molecule has 2 aromatic carbocycles. The van der Waals surface area contributed by atoms with Crippen LogP contribution in [0.4, 0.5) is 0 Å². The van der Waals surface area contributed by atoms with Gasteiger partial charge in [-0.05, 0) is 88.7 Å². The molecule has 210 valence electrons. The van der Waals surface area contributed by atoms with Gasteiger partial charge in [-0.2, -0.15) is 5.10 Å². The van der Waals surface area contributed by atoms with Crippen LogP contribution in [0.25, 0.3) is 22.0 Å². The van der Waals surface area contributed by atoms with Crippen LogP contribution in [0.2, 0.25) is 0 Å². The summed E-state index contributed by atoms with van der Waals surface area (Å²) in [4.78, 5) is 32.3. The lowest BCUT2D eigenvalue weighted by Crippen LogP contribution is -2.34. The topological polar surface area (TPSA) is 88.8 Å². The minimum Gasteiger partial charge on any atom is -0.494 e. The Balaban J connectivity index is 1.41. The molecular weight excluding hydrogens is 502 g/mol. The van der Waals surface area contributed by atoms with Crippen molar-refractivity contribution in [3.8, 4) is 16.9 Å². The Morgan fingerprint density at radius 2 is 1.85 bits per heavy atom. The van der Waals surface area contributed by atoms with Crippen LogP contribution < -0.4 is 10.1 Å². The van der Waals surface area contributed by atoms with Crippen molar-refractivity contribution < 1.29 is 14.3 Å². The van der Waals surface area contributed by atoms with Crippen molar-refractivity contribution in [2.45, 2.75) is 52.0 Å². The van der Waals surface area contributed by atoms with Gasteiger partial charge in [0.05, 0.1) is 35.8 Å². The minimum atomic E-state index is -0.446. The van der Waals surface area contributed by atoms with Gasteiger partial charge in [0.15, 0.2) is 0 Å². The maximum atomic E-state index is 13.6. The number of nitrogens with one attached hydrogen (secondary N) is 1. The van der Waals surface area contributed by atoms with Gasteiger partial charge >= 0.3 is 0 Å². The van der Waals surface area contributed by atoms with Crippen LogP contribution in [0.1, 0.15) is 62.4 Å². The van der Waals surface area contributed by atoms with Crippen LogP contribution in [-0.2, 0) is 4.79 Å². The Bertz CT molecular complexity index is 1450. The van der Waals surface area contributed by atoms with Gasteiger partial charge < -0.3 is 15.0 Å². The lowest BCUT2D eigenvalue weighted by molar-refractivity contribution is -0.120. The SMILES string of the molecule is CC1=CC(C)=NC(=O)C1CNC(=O)c1cc(-c2ccc(OCCCN(C)C)cc2)cc2c1cnn2C1CCCC1. The van der Waals surface area contributed by atoms with Crippen molar-refractivity contribution >= 4 is 28.4 Å². The molecule has 3 aromatic rings. The number of allylic oxidation sites excluding steroid dienone is 1. The molecule has 0 saturated heterocycles. The quantitative estimate of drug-likeness (QED) is 0.345. The molecule has 2 aliphatic rings. The third-order valence-electron chi connectivity index (χ3n) is 7.88. The molecule has 8 nitrogen and oxygen atoms in total. The molecule has 1 N–H and O–H groups in total. The fraction of sp³-hybridized carbons (Fsp3) is 0.438. The summed E-state index contributed by atoms with van der Waals surface area (Å²) in [6.45, 7) is 5.57. The number of nitrogens with zero attached hydrogens (tertiary/aromatic N) is 4. The predicted octanol–water partition coefficient (Wildman–Crippen LogP) is 5.44. The van der Waals surface area contributed by atoms with Crippen LogP contribution in [0.3, 0.4) is 0 Å². The molecule has 1 fully saturated rings. The minimum absolute atomic E-state index is 0.207. The zero-order chi connectivity index (χ0) is 28.2. The molecule has 1 aromatic heterocycles. The number of benzene rings is 2. The van der Waals surface area contributed by atoms with E-state index in [1.165, 1.54) is 12.8 Å². The lowest BCUT2D eigenvalue weighted by Gasteiger charge is -2.19. The van der Waals surface area contributed by atoms with E-state index in [1.807, 2.05) is 56.5 Å². The molecule has 8 heteroatoms. The highest BCUT2D eigenvalue weighted by molar-refractivity contribution is 6.09. The standard InChI is InChI=1S/C32H39N5O3/c1-21-16-22(2)35-32(39)28(21)19-33-31(38)27-17-24(18-30-29(27)20-34-37(30)25-8-5-6-9-25)23-10-12-26(13-11-23)40-15-7-14-36(3)4/h10-13,16-18,20,25,28H,5-9,14-15,19H2,1-4H3,(H,33,38). The maximum absolute atomic E-state index is 13.6. The molecule has 1 aliphatic heterocycles. The molecule has 5 rings (SSSR count). The fourth-order valence-electron chi connectivity index (χ4n) is 5.70. The number of amides is 2. The number of hydrogen-bond donors (Lipinski definition) is 1. The second kappa shape index (κ2) is 12.2. The zero-order valence-electron chi connectivity index (χ0n) is 23.9. The highest BCUT2D eigenvalue weighted by atomic mass is 16.5. The van der Waals surface area contributed by atoms with Gasteiger partial charge in [0.1, 0.15) is 5.75 Å². The number of fused-ring (bicyclic) bond motifs is 1. The number of hydrogen-bond acceptors (Lipinski definition) is 5. The first-order chi connectivity index (χ1) is 19.3. The van der Waals surface area contributed by atoms with E-state index >= 15 is 0 Å². The number of dihydropyridines is 1. The van der Waals surface area contributed by atoms with E-state index in [9.17, 15) is 9.59 Å². The van der Waals surface area contributed by atoms with Gasteiger partial charge in [0.2, 0.25) is 0 Å². The summed E-state index contributed by atoms with van der Waals surface area (Å²) in [7, 11) is 4.11. The van der Waals surface area contributed by atoms with E-state index in [0.717, 1.165) is 59.2 Å². The molecule has 2 heterocycles. The molecule has 1 saturated carbocycles. The van der Waals surface area contributed by atoms with Crippen molar-refractivity contribution in [1.82, 2.24) is 20.0 Å². The molecule has 1 aliphatic carbocycles. The molecular formula is C32H39N5O3. The van der Waals surface area contributed by atoms with E-state index in [4.69, 9.17) is 9.84 Å². The van der Waals surface area contributed by atoms with Gasteiger partial charge in [0.25, 0.3) is 11.8 Å². The van der Waals surface area contributed by atoms with Gasteiger partial charge in [-0.15, -0.1) is 0 Å². The molecule has 0 spiro atoms. The third-order valence-corrected chi connectivity index (χ3v) is 7.88. The number of carbonyl (C=O) groups is 2. The molecule has 0 radical (unpaired) electrons. The largest absolute Gasteiger partial charge is 0.494 e. The summed E-state index contributed by atoms with van der Waals surface area (Å²) in [5, 5.41) is 8.57. The molecule has 1 atom stereocenters. The Morgan fingerprint density at radius 1 is 1.10 bits per heavy atom. The summed E-state index contributed by atoms with van der Waals surface area (Å²) < 4.78 is 8.02. The van der Waals surface area contributed by atoms with Crippen molar-refractivity contribution in [3.63, 3.8) is 0 Å². The van der Waals surface area contributed by atoms with E-state index in [0.29, 0.717) is 23.9 Å². The Kier molecular flexibility index (Phi) is 8.45. The summed E-state index contributed by atoms with van der Waals surface area (Å²) >= 11 is 0. The summed E-state index contributed by atoms with van der Waals surface area (Å²) in [6, 6.07) is 12.4. The van der Waals surface area contributed by atoms with Crippen LogP contribution >= 0.6 is 0 Å². The van der Waals surface area contributed by atoms with Crippen LogP contribution in [0.15, 0.2) is 59.2 Å². The van der Waals surface area contributed by atoms with Crippen LogP contribution in [0, 0.1) is 5.92 Å². The first-order valence-electron chi connectivity index (χ1n) is 14.2. The molecule has 0 bridgehead atoms. The number of carbonyl (C=O) groups excluding carboxylic acids is 2. The fourth-order valence-corrected chi connectivity index (χ4v) is 5.70. The first-order valence-corrected chi connectivity index (χ1v) is 14.2. The monoisotopic (exact) mass is 541 g/mol. The first kappa shape index (κ1) is 27.8. The average Bonchev–Trinajstić information content (AvgIpc) is 3.60. The van der Waals surface area contributed by atoms with Gasteiger partial charge in [-0.25, -0.2) is 4.99 Å². The van der Waals surface area contributed by atoms with E-state index in [2.05, 4.69) is 40.1 Å². The Hall–Kier alpha value is -3.78. The van der Waals surface area contributed by atoms with Crippen molar-refractivity contribution in [1.29, 1.82) is 0 Å². The van der Waals surface area contributed by atoms with Crippen molar-refractivity contribution in [2.24, 2.45) is 10.9 Å². The number of rotatable bonds is 10. The third kappa shape index (κ3) is 6.17. The number of ether oxygens (including phenoxy) is 1. The van der Waals surface area contributed by atoms with E-state index in [1.54, 1.807) is 0 Å². The predicted molar refractivity (Wildman–Crippen MR) is 159 cm³/mol. The maximum Gasteiger partial charge on any atom is 0.254 e. The Morgan fingerprint density at radius 3 is 2.55 bits per heavy atom. The average molecular weight is 542 g/mol. The summed E-state index contributed by atoms with van der Waals surface area (Å²) in [5.41, 5.74) is 5.08. The van der Waals surface area contributed by atoms with Crippen LogP contribution in [0.5, 0.6) is 5.75 Å². The van der Waals surface area contributed by atoms with E-state index < -0.39 is 5.92 Å². The van der Waals surface area contributed by atoms with Gasteiger partial charge in [-0.3, -0.25) is 14.3 Å². The normalized spacial score (nSPS) is 17.8. The highest BCUT2D eigenvalue weighted by Gasteiger charge is 2.26. The second-order valence-electron chi connectivity index (χ2n) is 11.3. The van der Waals surface area contributed by atoms with Gasteiger partial charge in [0, 0.05) is 24.2 Å². The number of aromatic nitrogens is 2. The van der Waals surface area contributed by atoms with Crippen molar-refractivity contribution in [2.75, 3.05) is 33.8 Å². The molecule has 2 amide bonds.